The number of fused-ring (bicyclic) bond motifs is 3. The molecule has 1 aliphatic carbocycles. The van der Waals surface area contributed by atoms with Gasteiger partial charge in [0.05, 0.1) is 35.8 Å². The van der Waals surface area contributed by atoms with Crippen molar-refractivity contribution >= 4 is 22.9 Å². The van der Waals surface area contributed by atoms with E-state index in [0.717, 1.165) is 24.2 Å². The summed E-state index contributed by atoms with van der Waals surface area (Å²) in [7, 11) is 0. The van der Waals surface area contributed by atoms with Crippen LogP contribution in [0.2, 0.25) is 0 Å². The molecule has 0 spiro atoms. The fraction of sp³-hybridized carbons (Fsp3) is 0.391. The summed E-state index contributed by atoms with van der Waals surface area (Å²) in [5, 5.41) is 7.16. The van der Waals surface area contributed by atoms with E-state index in [9.17, 15) is 4.79 Å². The average Bonchev–Trinajstić information content (AvgIpc) is 3.48. The molecule has 7 rings (SSSR count). The van der Waals surface area contributed by atoms with Gasteiger partial charge in [-0.2, -0.15) is 5.10 Å². The van der Waals surface area contributed by atoms with Crippen molar-refractivity contribution in [3.63, 3.8) is 0 Å². The number of aromatic nitrogens is 5. The van der Waals surface area contributed by atoms with Crippen molar-refractivity contribution in [2.45, 2.75) is 50.7 Å². The van der Waals surface area contributed by atoms with Crippen LogP contribution in [-0.2, 0) is 10.2 Å². The summed E-state index contributed by atoms with van der Waals surface area (Å²) < 4.78 is 15.5. The number of nitrogens with one attached hydrogen (secondary N) is 1. The first-order valence-corrected chi connectivity index (χ1v) is 10.8. The van der Waals surface area contributed by atoms with Crippen molar-refractivity contribution in [3.05, 3.63) is 54.4 Å². The normalized spacial score (nSPS) is 24.2. The zero-order valence-corrected chi connectivity index (χ0v) is 18.2. The van der Waals surface area contributed by atoms with Gasteiger partial charge in [-0.3, -0.25) is 4.79 Å². The smallest absolute Gasteiger partial charge is 0.261 e. The lowest BCUT2D eigenvalue weighted by Gasteiger charge is -2.41. The fourth-order valence-electron chi connectivity index (χ4n) is 5.05. The van der Waals surface area contributed by atoms with Gasteiger partial charge in [-0.05, 0) is 39.7 Å². The van der Waals surface area contributed by atoms with E-state index in [4.69, 9.17) is 14.5 Å². The Hall–Kier alpha value is -3.46. The maximum atomic E-state index is 13.3. The van der Waals surface area contributed by atoms with E-state index >= 15 is 0 Å². The fourth-order valence-corrected chi connectivity index (χ4v) is 5.05. The lowest BCUT2D eigenvalue weighted by atomic mass is 9.62. The first kappa shape index (κ1) is 19.2. The highest BCUT2D eigenvalue weighted by Gasteiger charge is 2.61. The average molecular weight is 432 g/mol. The summed E-state index contributed by atoms with van der Waals surface area (Å²) >= 11 is 0. The predicted octanol–water partition coefficient (Wildman–Crippen LogP) is 3.24. The zero-order chi connectivity index (χ0) is 22.1. The highest BCUT2D eigenvalue weighted by atomic mass is 16.5. The molecule has 4 aromatic rings. The third-order valence-corrected chi connectivity index (χ3v) is 6.35. The SMILES string of the molecule is CC(C)Oc1cc2nc(C34COC(C)(C3)C4)cn2cc1C(=O)Nc1cnn2cccnc12. The molecule has 1 amide bonds. The summed E-state index contributed by atoms with van der Waals surface area (Å²) in [5.41, 5.74) is 3.25. The van der Waals surface area contributed by atoms with Crippen molar-refractivity contribution in [1.82, 2.24) is 24.0 Å². The highest BCUT2D eigenvalue weighted by molar-refractivity contribution is 6.07. The number of nitrogens with zero attached hydrogens (tertiary/aromatic N) is 5. The van der Waals surface area contributed by atoms with Gasteiger partial charge in [0, 0.05) is 36.3 Å². The highest BCUT2D eigenvalue weighted by Crippen LogP contribution is 2.58. The molecule has 32 heavy (non-hydrogen) atoms. The van der Waals surface area contributed by atoms with Crippen LogP contribution in [0.25, 0.3) is 11.3 Å². The minimum atomic E-state index is -0.295. The number of hydrogen-bond donors (Lipinski definition) is 1. The maximum absolute atomic E-state index is 13.3. The predicted molar refractivity (Wildman–Crippen MR) is 117 cm³/mol. The van der Waals surface area contributed by atoms with E-state index in [1.54, 1.807) is 35.4 Å². The van der Waals surface area contributed by atoms with Crippen molar-refractivity contribution in [1.29, 1.82) is 0 Å². The molecule has 0 unspecified atom stereocenters. The summed E-state index contributed by atoms with van der Waals surface area (Å²) in [4.78, 5) is 22.4. The molecule has 0 radical (unpaired) electrons. The van der Waals surface area contributed by atoms with Crippen LogP contribution in [-0.4, -0.2) is 48.2 Å². The Morgan fingerprint density at radius 1 is 1.31 bits per heavy atom. The van der Waals surface area contributed by atoms with Crippen LogP contribution in [0.1, 0.15) is 49.7 Å². The number of rotatable bonds is 5. The Bertz CT molecular complexity index is 1360. The number of imidazole rings is 1. The van der Waals surface area contributed by atoms with E-state index in [2.05, 4.69) is 22.3 Å². The van der Waals surface area contributed by atoms with Crippen LogP contribution in [0.3, 0.4) is 0 Å². The molecule has 3 fully saturated rings. The number of pyridine rings is 1. The Kier molecular flexibility index (Phi) is 3.92. The van der Waals surface area contributed by atoms with Gasteiger partial charge in [-0.25, -0.2) is 14.5 Å². The number of carbonyl (C=O) groups excluding carboxylic acids is 1. The van der Waals surface area contributed by atoms with Gasteiger partial charge in [-0.1, -0.05) is 0 Å². The molecular weight excluding hydrogens is 408 g/mol. The molecular formula is C23H24N6O3. The number of amides is 1. The second kappa shape index (κ2) is 6.52. The molecule has 2 aliphatic heterocycles. The first-order chi connectivity index (χ1) is 15.3. The van der Waals surface area contributed by atoms with Crippen molar-refractivity contribution in [3.8, 4) is 5.75 Å². The summed E-state index contributed by atoms with van der Waals surface area (Å²) in [6.07, 6.45) is 10.7. The number of anilines is 1. The summed E-state index contributed by atoms with van der Waals surface area (Å²) in [6.45, 7) is 6.71. The van der Waals surface area contributed by atoms with Gasteiger partial charge >= 0.3 is 0 Å². The van der Waals surface area contributed by atoms with Gasteiger partial charge in [-0.15, -0.1) is 0 Å². The molecule has 2 saturated heterocycles. The van der Waals surface area contributed by atoms with E-state index in [1.165, 1.54) is 0 Å². The maximum Gasteiger partial charge on any atom is 0.261 e. The molecule has 164 valence electrons. The molecule has 6 heterocycles. The topological polar surface area (TPSA) is 95.0 Å². The van der Waals surface area contributed by atoms with E-state index < -0.39 is 0 Å². The molecule has 3 aliphatic rings. The molecule has 0 atom stereocenters. The number of carbonyl (C=O) groups is 1. The standard InChI is InChI=1S/C23H24N6O3/c1-14(2)32-17-7-19-27-18(23-11-22(3,12-23)31-13-23)10-28(19)9-15(17)21(30)26-16-8-25-29-6-4-5-24-20(16)29/h4-10,14H,11-13H2,1-3H3,(H,26,30). The van der Waals surface area contributed by atoms with E-state index in [0.29, 0.717) is 29.3 Å². The van der Waals surface area contributed by atoms with Crippen LogP contribution < -0.4 is 10.1 Å². The lowest BCUT2D eigenvalue weighted by Crippen LogP contribution is -2.45. The molecule has 1 N–H and O–H groups in total. The van der Waals surface area contributed by atoms with Gasteiger partial charge in [0.25, 0.3) is 5.91 Å². The third-order valence-electron chi connectivity index (χ3n) is 6.35. The first-order valence-electron chi connectivity index (χ1n) is 10.8. The summed E-state index contributed by atoms with van der Waals surface area (Å²) in [5.74, 6) is 0.196. The molecule has 1 saturated carbocycles. The minimum Gasteiger partial charge on any atom is -0.490 e. The van der Waals surface area contributed by atoms with Crippen molar-refractivity contribution < 1.29 is 14.3 Å². The van der Waals surface area contributed by atoms with Crippen LogP contribution in [0.4, 0.5) is 5.69 Å². The van der Waals surface area contributed by atoms with Crippen LogP contribution in [0.15, 0.2) is 43.1 Å². The molecule has 0 aromatic carbocycles. The molecule has 9 nitrogen and oxygen atoms in total. The van der Waals surface area contributed by atoms with Gasteiger partial charge < -0.3 is 19.2 Å². The summed E-state index contributed by atoms with van der Waals surface area (Å²) in [6, 6.07) is 3.61. The van der Waals surface area contributed by atoms with Crippen molar-refractivity contribution in [2.24, 2.45) is 0 Å². The minimum absolute atomic E-state index is 0.0187. The number of ether oxygens (including phenoxy) is 2. The number of hydrogen-bond acceptors (Lipinski definition) is 6. The third kappa shape index (κ3) is 2.88. The quantitative estimate of drug-likeness (QED) is 0.520. The van der Waals surface area contributed by atoms with Crippen LogP contribution >= 0.6 is 0 Å². The van der Waals surface area contributed by atoms with Crippen molar-refractivity contribution in [2.75, 3.05) is 11.9 Å². The monoisotopic (exact) mass is 432 g/mol. The Morgan fingerprint density at radius 3 is 2.91 bits per heavy atom. The van der Waals surface area contributed by atoms with Gasteiger partial charge in [0.15, 0.2) is 5.65 Å². The van der Waals surface area contributed by atoms with Crippen LogP contribution in [0.5, 0.6) is 5.75 Å². The zero-order valence-electron chi connectivity index (χ0n) is 18.2. The van der Waals surface area contributed by atoms with Gasteiger partial charge in [0.1, 0.15) is 17.1 Å². The molecule has 2 bridgehead atoms. The largest absolute Gasteiger partial charge is 0.490 e. The van der Waals surface area contributed by atoms with E-state index in [1.807, 2.05) is 30.5 Å². The van der Waals surface area contributed by atoms with Gasteiger partial charge in [0.2, 0.25) is 0 Å². The van der Waals surface area contributed by atoms with Crippen LogP contribution in [0, 0.1) is 0 Å². The lowest BCUT2D eigenvalue weighted by molar-refractivity contribution is 0.0154. The Morgan fingerprint density at radius 2 is 2.16 bits per heavy atom. The van der Waals surface area contributed by atoms with E-state index in [-0.39, 0.29) is 23.0 Å². The Balaban J connectivity index is 1.38. The molecule has 9 heteroatoms. The Labute approximate surface area is 184 Å². The molecule has 4 aromatic heterocycles. The second-order valence-electron chi connectivity index (χ2n) is 9.38. The second-order valence-corrected chi connectivity index (χ2v) is 9.38.